The summed E-state index contributed by atoms with van der Waals surface area (Å²) in [5, 5.41) is 0. The molecule has 0 aliphatic carbocycles. The summed E-state index contributed by atoms with van der Waals surface area (Å²) in [7, 11) is 1.74. The Balaban J connectivity index is 1.61. The lowest BCUT2D eigenvalue weighted by Crippen LogP contribution is -2.50. The smallest absolute Gasteiger partial charge is 0.253 e. The summed E-state index contributed by atoms with van der Waals surface area (Å²) in [4.78, 5) is 28.2. The maximum absolute atomic E-state index is 12.4. The van der Waals surface area contributed by atoms with E-state index in [1.54, 1.807) is 23.9 Å². The second-order valence-electron chi connectivity index (χ2n) is 6.11. The molecule has 2 saturated heterocycles. The summed E-state index contributed by atoms with van der Waals surface area (Å²) in [6, 6.07) is 3.61. The van der Waals surface area contributed by atoms with Crippen LogP contribution in [-0.2, 0) is 23.1 Å². The molecule has 0 saturated carbocycles. The Morgan fingerprint density at radius 1 is 1.32 bits per heavy atom. The van der Waals surface area contributed by atoms with Gasteiger partial charge in [0.15, 0.2) is 0 Å². The van der Waals surface area contributed by atoms with Gasteiger partial charge in [-0.2, -0.15) is 0 Å². The predicted octanol–water partition coefficient (Wildman–Crippen LogP) is 0.209. The number of amides is 1. The van der Waals surface area contributed by atoms with Crippen molar-refractivity contribution in [1.29, 1.82) is 0 Å². The van der Waals surface area contributed by atoms with Gasteiger partial charge in [-0.3, -0.25) is 14.5 Å². The molecule has 2 aliphatic heterocycles. The first-order valence-corrected chi connectivity index (χ1v) is 7.92. The molecule has 2 aliphatic rings. The molecule has 0 radical (unpaired) electrons. The molecule has 0 N–H and O–H groups in total. The Morgan fingerprint density at radius 2 is 2.09 bits per heavy atom. The van der Waals surface area contributed by atoms with Crippen molar-refractivity contribution >= 4 is 5.91 Å². The number of rotatable bonds is 3. The van der Waals surface area contributed by atoms with Crippen LogP contribution in [0.15, 0.2) is 23.1 Å². The Bertz CT molecular complexity index is 593. The zero-order chi connectivity index (χ0) is 15.5. The fourth-order valence-corrected chi connectivity index (χ4v) is 3.08. The first kappa shape index (κ1) is 15.2. The van der Waals surface area contributed by atoms with E-state index in [1.807, 2.05) is 11.0 Å². The van der Waals surface area contributed by atoms with Crippen molar-refractivity contribution in [2.45, 2.75) is 25.5 Å². The number of hydrogen-bond acceptors (Lipinski definition) is 4. The highest BCUT2D eigenvalue weighted by atomic mass is 16.5. The highest BCUT2D eigenvalue weighted by molar-refractivity contribution is 5.81. The second kappa shape index (κ2) is 6.62. The molecule has 1 unspecified atom stereocenters. The van der Waals surface area contributed by atoms with Crippen LogP contribution in [0.25, 0.3) is 0 Å². The zero-order valence-electron chi connectivity index (χ0n) is 13.0. The molecule has 0 spiro atoms. The van der Waals surface area contributed by atoms with Gasteiger partial charge in [0.1, 0.15) is 6.10 Å². The molecule has 1 amide bonds. The number of hydrogen-bond donors (Lipinski definition) is 0. The van der Waals surface area contributed by atoms with E-state index < -0.39 is 0 Å². The van der Waals surface area contributed by atoms with Gasteiger partial charge in [-0.15, -0.1) is 0 Å². The van der Waals surface area contributed by atoms with Crippen molar-refractivity contribution in [1.82, 2.24) is 14.4 Å². The normalized spacial score (nSPS) is 23.0. The van der Waals surface area contributed by atoms with Crippen LogP contribution in [0, 0.1) is 0 Å². The average molecular weight is 305 g/mol. The van der Waals surface area contributed by atoms with Gasteiger partial charge in [-0.05, 0) is 24.5 Å². The van der Waals surface area contributed by atoms with Gasteiger partial charge in [0, 0.05) is 52.0 Å². The quantitative estimate of drug-likeness (QED) is 0.801. The van der Waals surface area contributed by atoms with Crippen LogP contribution >= 0.6 is 0 Å². The summed E-state index contributed by atoms with van der Waals surface area (Å²) in [5.41, 5.74) is 0.979. The van der Waals surface area contributed by atoms with Crippen molar-refractivity contribution in [3.05, 3.63) is 34.2 Å². The minimum atomic E-state index is -0.363. The fraction of sp³-hybridized carbons (Fsp3) is 0.625. The van der Waals surface area contributed by atoms with E-state index >= 15 is 0 Å². The number of aromatic nitrogens is 1. The average Bonchev–Trinajstić information content (AvgIpc) is 3.05. The third-order valence-electron chi connectivity index (χ3n) is 4.42. The molecule has 3 rings (SSSR count). The van der Waals surface area contributed by atoms with Gasteiger partial charge in [0.2, 0.25) is 0 Å². The summed E-state index contributed by atoms with van der Waals surface area (Å²) in [6.07, 6.45) is 3.61. The summed E-state index contributed by atoms with van der Waals surface area (Å²) < 4.78 is 7.22. The van der Waals surface area contributed by atoms with E-state index in [1.165, 1.54) is 0 Å². The molecule has 1 atom stereocenters. The highest BCUT2D eigenvalue weighted by Crippen LogP contribution is 2.15. The Labute approximate surface area is 130 Å². The van der Waals surface area contributed by atoms with Crippen LogP contribution in [0.2, 0.25) is 0 Å². The van der Waals surface area contributed by atoms with Crippen LogP contribution in [0.1, 0.15) is 18.4 Å². The standard InChI is InChI=1S/C16H23N3O3/c1-17-7-4-13(10-15(17)20)11-18-8-9-22-14(12-18)16(21)19-5-2-3-6-19/h4,7,10,14H,2-3,5-6,8-9,11-12H2,1H3. The molecule has 6 heteroatoms. The molecule has 1 aromatic heterocycles. The largest absolute Gasteiger partial charge is 0.366 e. The number of morpholine rings is 1. The van der Waals surface area contributed by atoms with Crippen molar-refractivity contribution < 1.29 is 9.53 Å². The third kappa shape index (κ3) is 3.39. The number of likely N-dealkylation sites (tertiary alicyclic amines) is 1. The Hall–Kier alpha value is -1.66. The lowest BCUT2D eigenvalue weighted by atomic mass is 10.2. The van der Waals surface area contributed by atoms with E-state index in [0.29, 0.717) is 19.7 Å². The molecule has 0 bridgehead atoms. The Morgan fingerprint density at radius 3 is 2.82 bits per heavy atom. The van der Waals surface area contributed by atoms with Gasteiger partial charge in [-0.1, -0.05) is 0 Å². The van der Waals surface area contributed by atoms with Gasteiger partial charge in [0.05, 0.1) is 6.61 Å². The van der Waals surface area contributed by atoms with Crippen LogP contribution in [0.4, 0.5) is 0 Å². The molecule has 1 aromatic rings. The lowest BCUT2D eigenvalue weighted by Gasteiger charge is -2.34. The maximum atomic E-state index is 12.4. The highest BCUT2D eigenvalue weighted by Gasteiger charge is 2.31. The van der Waals surface area contributed by atoms with Crippen molar-refractivity contribution in [3.8, 4) is 0 Å². The van der Waals surface area contributed by atoms with Crippen molar-refractivity contribution in [3.63, 3.8) is 0 Å². The van der Waals surface area contributed by atoms with Crippen molar-refractivity contribution in [2.24, 2.45) is 7.05 Å². The van der Waals surface area contributed by atoms with E-state index in [-0.39, 0.29) is 17.6 Å². The van der Waals surface area contributed by atoms with Crippen LogP contribution in [0.3, 0.4) is 0 Å². The summed E-state index contributed by atoms with van der Waals surface area (Å²) in [6.45, 7) is 4.35. The number of pyridine rings is 1. The summed E-state index contributed by atoms with van der Waals surface area (Å²) >= 11 is 0. The lowest BCUT2D eigenvalue weighted by molar-refractivity contribution is -0.148. The zero-order valence-corrected chi connectivity index (χ0v) is 13.0. The van der Waals surface area contributed by atoms with Crippen LogP contribution in [-0.4, -0.2) is 59.2 Å². The third-order valence-corrected chi connectivity index (χ3v) is 4.42. The van der Waals surface area contributed by atoms with Gasteiger partial charge in [-0.25, -0.2) is 0 Å². The van der Waals surface area contributed by atoms with E-state index in [9.17, 15) is 9.59 Å². The first-order chi connectivity index (χ1) is 10.6. The van der Waals surface area contributed by atoms with Gasteiger partial charge < -0.3 is 14.2 Å². The van der Waals surface area contributed by atoms with E-state index in [2.05, 4.69) is 4.90 Å². The minimum absolute atomic E-state index is 0.00421. The number of ether oxygens (including phenoxy) is 1. The monoisotopic (exact) mass is 305 g/mol. The van der Waals surface area contributed by atoms with E-state index in [4.69, 9.17) is 4.74 Å². The first-order valence-electron chi connectivity index (χ1n) is 7.92. The summed E-state index contributed by atoms with van der Waals surface area (Å²) in [5.74, 6) is 0.117. The number of nitrogens with zero attached hydrogens (tertiary/aromatic N) is 3. The number of aryl methyl sites for hydroxylation is 1. The van der Waals surface area contributed by atoms with Crippen LogP contribution in [0.5, 0.6) is 0 Å². The topological polar surface area (TPSA) is 54.8 Å². The molecule has 2 fully saturated rings. The molecule has 0 aromatic carbocycles. The molecule has 120 valence electrons. The molecule has 6 nitrogen and oxygen atoms in total. The fourth-order valence-electron chi connectivity index (χ4n) is 3.08. The SMILES string of the molecule is Cn1ccc(CN2CCOC(C(=O)N3CCCC3)C2)cc1=O. The number of carbonyl (C=O) groups excluding carboxylic acids is 1. The molecular weight excluding hydrogens is 282 g/mol. The van der Waals surface area contributed by atoms with Gasteiger partial charge >= 0.3 is 0 Å². The molecular formula is C16H23N3O3. The van der Waals surface area contributed by atoms with Gasteiger partial charge in [0.25, 0.3) is 11.5 Å². The maximum Gasteiger partial charge on any atom is 0.253 e. The number of carbonyl (C=O) groups is 1. The molecule has 3 heterocycles. The Kier molecular flexibility index (Phi) is 4.59. The van der Waals surface area contributed by atoms with Crippen molar-refractivity contribution in [2.75, 3.05) is 32.8 Å². The van der Waals surface area contributed by atoms with E-state index in [0.717, 1.165) is 38.0 Å². The second-order valence-corrected chi connectivity index (χ2v) is 6.11. The minimum Gasteiger partial charge on any atom is -0.366 e. The van der Waals surface area contributed by atoms with Crippen LogP contribution < -0.4 is 5.56 Å². The predicted molar refractivity (Wildman–Crippen MR) is 82.5 cm³/mol. The molecule has 22 heavy (non-hydrogen) atoms.